The Balaban J connectivity index is 2.25. The van der Waals surface area contributed by atoms with Gasteiger partial charge in [-0.25, -0.2) is 4.39 Å². The van der Waals surface area contributed by atoms with Crippen molar-refractivity contribution >= 4 is 17.8 Å². The van der Waals surface area contributed by atoms with Gasteiger partial charge in [0.2, 0.25) is 0 Å². The number of carbonyl (C=O) groups excluding carboxylic acids is 3. The number of aliphatic hydroxyl groups excluding tert-OH is 1. The Hall–Kier alpha value is -2.28. The van der Waals surface area contributed by atoms with Crippen molar-refractivity contribution in [3.63, 3.8) is 0 Å². The van der Waals surface area contributed by atoms with Crippen molar-refractivity contribution in [2.45, 2.75) is 20.0 Å². The van der Waals surface area contributed by atoms with Gasteiger partial charge in [-0.2, -0.15) is 0 Å². The van der Waals surface area contributed by atoms with Crippen LogP contribution in [0.2, 0.25) is 0 Å². The van der Waals surface area contributed by atoms with Crippen molar-refractivity contribution in [2.24, 2.45) is 5.92 Å². The third kappa shape index (κ3) is 2.85. The largest absolute Gasteiger partial charge is 0.466 e. The van der Waals surface area contributed by atoms with Crippen LogP contribution in [-0.2, 0) is 9.53 Å². The summed E-state index contributed by atoms with van der Waals surface area (Å²) in [5.74, 6) is -3.67. The van der Waals surface area contributed by atoms with Crippen LogP contribution in [0.4, 0.5) is 4.39 Å². The molecule has 0 saturated carbocycles. The normalized spacial score (nSPS) is 16.5. The molecule has 7 heteroatoms. The summed E-state index contributed by atoms with van der Waals surface area (Å²) in [4.78, 5) is 37.1. The van der Waals surface area contributed by atoms with E-state index in [4.69, 9.17) is 4.74 Å². The molecule has 2 amide bonds. The first-order valence-corrected chi connectivity index (χ1v) is 6.87. The second-order valence-electron chi connectivity index (χ2n) is 5.01. The van der Waals surface area contributed by atoms with E-state index in [9.17, 15) is 23.9 Å². The molecule has 0 spiro atoms. The summed E-state index contributed by atoms with van der Waals surface area (Å²) in [5.41, 5.74) is 0.0396. The van der Waals surface area contributed by atoms with Gasteiger partial charge in [0, 0.05) is 6.54 Å². The molecule has 1 heterocycles. The molecule has 1 aromatic rings. The number of benzene rings is 1. The van der Waals surface area contributed by atoms with E-state index in [2.05, 4.69) is 0 Å². The van der Waals surface area contributed by atoms with Gasteiger partial charge in [-0.05, 0) is 32.0 Å². The average Bonchev–Trinajstić information content (AvgIpc) is 2.68. The number of carbonyl (C=O) groups is 3. The molecule has 1 aliphatic rings. The van der Waals surface area contributed by atoms with Crippen LogP contribution in [0.25, 0.3) is 0 Å². The second kappa shape index (κ2) is 6.23. The number of imide groups is 1. The number of hydrogen-bond donors (Lipinski definition) is 1. The van der Waals surface area contributed by atoms with Crippen LogP contribution < -0.4 is 0 Å². The molecule has 0 fully saturated rings. The average molecular weight is 309 g/mol. The molecule has 2 atom stereocenters. The topological polar surface area (TPSA) is 83.9 Å². The monoisotopic (exact) mass is 309 g/mol. The molecule has 0 saturated heterocycles. The minimum Gasteiger partial charge on any atom is -0.466 e. The maximum absolute atomic E-state index is 13.2. The molecule has 0 aliphatic carbocycles. The molecular weight excluding hydrogens is 293 g/mol. The lowest BCUT2D eigenvalue weighted by molar-refractivity contribution is -0.151. The third-order valence-electron chi connectivity index (χ3n) is 3.48. The van der Waals surface area contributed by atoms with E-state index >= 15 is 0 Å². The van der Waals surface area contributed by atoms with E-state index in [0.717, 1.165) is 17.0 Å². The summed E-state index contributed by atoms with van der Waals surface area (Å²) in [6.07, 6.45) is -1.10. The number of fused-ring (bicyclic) bond motifs is 1. The number of nitrogens with zero attached hydrogens (tertiary/aromatic N) is 1. The summed E-state index contributed by atoms with van der Waals surface area (Å²) in [5, 5.41) is 9.69. The van der Waals surface area contributed by atoms with Gasteiger partial charge in [-0.3, -0.25) is 19.3 Å². The van der Waals surface area contributed by atoms with Crippen LogP contribution >= 0.6 is 0 Å². The Morgan fingerprint density at radius 3 is 2.55 bits per heavy atom. The molecule has 0 radical (unpaired) electrons. The summed E-state index contributed by atoms with van der Waals surface area (Å²) >= 11 is 0. The first-order valence-electron chi connectivity index (χ1n) is 6.87. The quantitative estimate of drug-likeness (QED) is 0.647. The Morgan fingerprint density at radius 2 is 1.95 bits per heavy atom. The van der Waals surface area contributed by atoms with E-state index in [1.807, 2.05) is 0 Å². The number of esters is 1. The Morgan fingerprint density at radius 1 is 1.32 bits per heavy atom. The van der Waals surface area contributed by atoms with E-state index in [0.29, 0.717) is 0 Å². The first-order chi connectivity index (χ1) is 10.4. The fourth-order valence-electron chi connectivity index (χ4n) is 2.30. The maximum Gasteiger partial charge on any atom is 0.313 e. The highest BCUT2D eigenvalue weighted by molar-refractivity contribution is 6.21. The molecule has 0 aromatic heterocycles. The number of amides is 2. The lowest BCUT2D eigenvalue weighted by atomic mass is 10.0. The SMILES string of the molecule is CCOC(=O)[C@H](CN1C(=O)c2ccc(F)cc2C1=O)[C@@H](C)O. The van der Waals surface area contributed by atoms with Gasteiger partial charge in [0.15, 0.2) is 0 Å². The summed E-state index contributed by atoms with van der Waals surface area (Å²) in [7, 11) is 0. The molecule has 6 nitrogen and oxygen atoms in total. The third-order valence-corrected chi connectivity index (χ3v) is 3.48. The second-order valence-corrected chi connectivity index (χ2v) is 5.01. The van der Waals surface area contributed by atoms with Crippen molar-refractivity contribution in [3.8, 4) is 0 Å². The number of halogens is 1. The van der Waals surface area contributed by atoms with Gasteiger partial charge in [-0.15, -0.1) is 0 Å². The molecule has 1 aliphatic heterocycles. The van der Waals surface area contributed by atoms with E-state index in [1.54, 1.807) is 6.92 Å². The lowest BCUT2D eigenvalue weighted by Crippen LogP contribution is -2.42. The van der Waals surface area contributed by atoms with Crippen molar-refractivity contribution < 1.29 is 28.6 Å². The van der Waals surface area contributed by atoms with Gasteiger partial charge in [0.25, 0.3) is 11.8 Å². The number of aliphatic hydroxyl groups is 1. The van der Waals surface area contributed by atoms with Crippen LogP contribution in [0.5, 0.6) is 0 Å². The Kier molecular flexibility index (Phi) is 4.56. The highest BCUT2D eigenvalue weighted by Gasteiger charge is 2.39. The van der Waals surface area contributed by atoms with E-state index < -0.39 is 35.6 Å². The van der Waals surface area contributed by atoms with Crippen LogP contribution in [0.3, 0.4) is 0 Å². The molecule has 22 heavy (non-hydrogen) atoms. The van der Waals surface area contributed by atoms with Crippen LogP contribution in [-0.4, -0.2) is 47.0 Å². The number of ether oxygens (including phenoxy) is 1. The maximum atomic E-state index is 13.2. The number of hydrogen-bond acceptors (Lipinski definition) is 5. The van der Waals surface area contributed by atoms with Gasteiger partial charge >= 0.3 is 5.97 Å². The minimum absolute atomic E-state index is 0.0433. The highest BCUT2D eigenvalue weighted by atomic mass is 19.1. The minimum atomic E-state index is -1.10. The zero-order valence-corrected chi connectivity index (χ0v) is 12.2. The summed E-state index contributed by atoms with van der Waals surface area (Å²) < 4.78 is 18.0. The van der Waals surface area contributed by atoms with Crippen LogP contribution in [0.1, 0.15) is 34.6 Å². The van der Waals surface area contributed by atoms with Crippen molar-refractivity contribution in [2.75, 3.05) is 13.2 Å². The number of rotatable bonds is 5. The molecule has 2 rings (SSSR count). The van der Waals surface area contributed by atoms with Crippen LogP contribution in [0, 0.1) is 11.7 Å². The van der Waals surface area contributed by atoms with Crippen molar-refractivity contribution in [1.82, 2.24) is 4.90 Å². The summed E-state index contributed by atoms with van der Waals surface area (Å²) in [6, 6.07) is 3.30. The lowest BCUT2D eigenvalue weighted by Gasteiger charge is -2.23. The molecule has 118 valence electrons. The standard InChI is InChI=1S/C15H16FNO5/c1-3-22-15(21)12(8(2)18)7-17-13(19)10-5-4-9(16)6-11(10)14(17)20/h4-6,8,12,18H,3,7H2,1-2H3/t8-,12-/m1/s1. The fraction of sp³-hybridized carbons (Fsp3) is 0.400. The predicted octanol–water partition coefficient (Wildman–Crippen LogP) is 0.982. The van der Waals surface area contributed by atoms with Crippen molar-refractivity contribution in [1.29, 1.82) is 0 Å². The van der Waals surface area contributed by atoms with Crippen LogP contribution in [0.15, 0.2) is 18.2 Å². The Bertz CT molecular complexity index is 628. The van der Waals surface area contributed by atoms with E-state index in [-0.39, 0.29) is 24.3 Å². The predicted molar refractivity (Wildman–Crippen MR) is 73.6 cm³/mol. The molecule has 1 N–H and O–H groups in total. The Labute approximate surface area is 126 Å². The molecular formula is C15H16FNO5. The molecule has 0 unspecified atom stereocenters. The molecule has 1 aromatic carbocycles. The van der Waals surface area contributed by atoms with Gasteiger partial charge in [0.05, 0.1) is 23.8 Å². The summed E-state index contributed by atoms with van der Waals surface area (Å²) in [6.45, 7) is 2.79. The zero-order valence-electron chi connectivity index (χ0n) is 12.2. The first kappa shape index (κ1) is 16.1. The molecule has 0 bridgehead atoms. The van der Waals surface area contributed by atoms with Crippen molar-refractivity contribution in [3.05, 3.63) is 35.1 Å². The van der Waals surface area contributed by atoms with E-state index in [1.165, 1.54) is 13.0 Å². The van der Waals surface area contributed by atoms with Gasteiger partial charge < -0.3 is 9.84 Å². The van der Waals surface area contributed by atoms with Gasteiger partial charge in [-0.1, -0.05) is 0 Å². The zero-order chi connectivity index (χ0) is 16.4. The van der Waals surface area contributed by atoms with Gasteiger partial charge in [0.1, 0.15) is 11.7 Å². The highest BCUT2D eigenvalue weighted by Crippen LogP contribution is 2.25. The smallest absolute Gasteiger partial charge is 0.313 e. The fourth-order valence-corrected chi connectivity index (χ4v) is 2.30.